The monoisotopic (exact) mass is 459 g/mol. The average molecular weight is 460 g/mol. The number of non-ortho nitro benzene ring substituents is 1. The quantitative estimate of drug-likeness (QED) is 0.482. The SMILES string of the molecule is CC1(C)CC(=O)C2=C(C1)Nc1c(c(C#N)cn1C(C)(C)C)[C@]21C(=O)Nc2ccc([N+](=O)[O-])cc21. The fraction of sp³-hybridized carbons (Fsp3) is 0.400. The first kappa shape index (κ1) is 21.9. The Morgan fingerprint density at radius 3 is 2.50 bits per heavy atom. The lowest BCUT2D eigenvalue weighted by Crippen LogP contribution is -2.48. The number of benzene rings is 1. The van der Waals surface area contributed by atoms with E-state index in [-0.39, 0.29) is 34.4 Å². The number of nitrogens with one attached hydrogen (secondary N) is 2. The molecular formula is C25H25N5O4. The van der Waals surface area contributed by atoms with Crippen LogP contribution in [0.15, 0.2) is 35.7 Å². The summed E-state index contributed by atoms with van der Waals surface area (Å²) in [5, 5.41) is 28.0. The molecule has 2 aliphatic heterocycles. The van der Waals surface area contributed by atoms with Gasteiger partial charge in [-0.1, -0.05) is 13.8 Å². The van der Waals surface area contributed by atoms with Gasteiger partial charge in [-0.2, -0.15) is 5.26 Å². The number of Topliss-reactive ketones (excluding diaryl/α,β-unsaturated/α-hetero) is 1. The Kier molecular flexibility index (Phi) is 4.23. The molecule has 0 radical (unpaired) electrons. The van der Waals surface area contributed by atoms with Crippen LogP contribution >= 0.6 is 0 Å². The van der Waals surface area contributed by atoms with Crippen LogP contribution in [-0.4, -0.2) is 21.2 Å². The highest BCUT2D eigenvalue weighted by Crippen LogP contribution is 2.58. The van der Waals surface area contributed by atoms with Gasteiger partial charge in [0.25, 0.3) is 5.69 Å². The van der Waals surface area contributed by atoms with Crippen molar-refractivity contribution in [3.63, 3.8) is 0 Å². The highest BCUT2D eigenvalue weighted by molar-refractivity contribution is 6.20. The molecule has 0 saturated heterocycles. The topological polar surface area (TPSA) is 130 Å². The molecule has 1 aliphatic carbocycles. The summed E-state index contributed by atoms with van der Waals surface area (Å²) in [5.41, 5.74) is -0.362. The third-order valence-corrected chi connectivity index (χ3v) is 6.95. The second kappa shape index (κ2) is 6.56. The summed E-state index contributed by atoms with van der Waals surface area (Å²) in [5.74, 6) is -0.122. The average Bonchev–Trinajstić information content (AvgIpc) is 3.22. The summed E-state index contributed by atoms with van der Waals surface area (Å²) in [6.07, 6.45) is 2.43. The third-order valence-electron chi connectivity index (χ3n) is 6.95. The number of nitrogens with zero attached hydrogens (tertiary/aromatic N) is 3. The van der Waals surface area contributed by atoms with Crippen molar-refractivity contribution in [3.05, 3.63) is 62.5 Å². The second-order valence-electron chi connectivity index (χ2n) is 11.0. The molecule has 0 fully saturated rings. The van der Waals surface area contributed by atoms with Crippen LogP contribution < -0.4 is 10.6 Å². The molecular weight excluding hydrogens is 434 g/mol. The van der Waals surface area contributed by atoms with Crippen LogP contribution in [0.25, 0.3) is 0 Å². The Morgan fingerprint density at radius 2 is 1.88 bits per heavy atom. The van der Waals surface area contributed by atoms with Crippen LogP contribution in [0.2, 0.25) is 0 Å². The maximum Gasteiger partial charge on any atom is 0.269 e. The maximum absolute atomic E-state index is 13.9. The fourth-order valence-electron chi connectivity index (χ4n) is 5.65. The first-order chi connectivity index (χ1) is 15.8. The number of ketones is 1. The number of amides is 1. The first-order valence-electron chi connectivity index (χ1n) is 11.1. The predicted octanol–water partition coefficient (Wildman–Crippen LogP) is 4.33. The molecule has 1 aromatic heterocycles. The van der Waals surface area contributed by atoms with Gasteiger partial charge in [0.15, 0.2) is 5.78 Å². The number of anilines is 2. The lowest BCUT2D eigenvalue weighted by atomic mass is 9.61. The van der Waals surface area contributed by atoms with Crippen molar-refractivity contribution in [1.29, 1.82) is 5.26 Å². The second-order valence-corrected chi connectivity index (χ2v) is 11.0. The van der Waals surface area contributed by atoms with Gasteiger partial charge >= 0.3 is 0 Å². The Hall–Kier alpha value is -3.93. The van der Waals surface area contributed by atoms with Crippen molar-refractivity contribution < 1.29 is 14.5 Å². The van der Waals surface area contributed by atoms with E-state index in [1.54, 1.807) is 6.20 Å². The maximum atomic E-state index is 13.9. The Balaban J connectivity index is 1.96. The number of carbonyl (C=O) groups excluding carboxylic acids is 2. The van der Waals surface area contributed by atoms with Crippen LogP contribution in [0.3, 0.4) is 0 Å². The van der Waals surface area contributed by atoms with Crippen molar-refractivity contribution in [2.45, 2.75) is 58.4 Å². The fourth-order valence-corrected chi connectivity index (χ4v) is 5.65. The third kappa shape index (κ3) is 2.71. The molecule has 34 heavy (non-hydrogen) atoms. The number of hydrogen-bond acceptors (Lipinski definition) is 6. The minimum Gasteiger partial charge on any atom is -0.344 e. The Bertz CT molecular complexity index is 1400. The van der Waals surface area contributed by atoms with Crippen LogP contribution in [0.4, 0.5) is 17.2 Å². The summed E-state index contributed by atoms with van der Waals surface area (Å²) < 4.78 is 1.90. The number of carbonyl (C=O) groups is 2. The van der Waals surface area contributed by atoms with Gasteiger partial charge < -0.3 is 15.2 Å². The number of aromatic nitrogens is 1. The zero-order chi connectivity index (χ0) is 24.8. The summed E-state index contributed by atoms with van der Waals surface area (Å²) in [6, 6.07) is 6.38. The summed E-state index contributed by atoms with van der Waals surface area (Å²) >= 11 is 0. The van der Waals surface area contributed by atoms with Gasteiger partial charge in [-0.05, 0) is 38.7 Å². The van der Waals surface area contributed by atoms with Crippen LogP contribution in [0, 0.1) is 26.9 Å². The minimum atomic E-state index is -1.65. The molecule has 0 saturated carbocycles. The molecule has 9 nitrogen and oxygen atoms in total. The molecule has 1 amide bonds. The van der Waals surface area contributed by atoms with E-state index in [0.29, 0.717) is 34.8 Å². The van der Waals surface area contributed by atoms with Gasteiger partial charge in [-0.25, -0.2) is 0 Å². The van der Waals surface area contributed by atoms with Crippen molar-refractivity contribution >= 4 is 28.9 Å². The first-order valence-corrected chi connectivity index (χ1v) is 11.1. The number of nitro groups is 1. The van der Waals surface area contributed by atoms with E-state index in [0.717, 1.165) is 0 Å². The van der Waals surface area contributed by atoms with Crippen molar-refractivity contribution in [3.8, 4) is 6.07 Å². The normalized spacial score (nSPS) is 22.5. The van der Waals surface area contributed by atoms with Crippen LogP contribution in [-0.2, 0) is 20.5 Å². The smallest absolute Gasteiger partial charge is 0.269 e. The molecule has 0 bridgehead atoms. The van der Waals surface area contributed by atoms with E-state index < -0.39 is 21.8 Å². The van der Waals surface area contributed by atoms with Crippen molar-refractivity contribution in [2.24, 2.45) is 5.41 Å². The largest absolute Gasteiger partial charge is 0.344 e. The van der Waals surface area contributed by atoms with E-state index in [4.69, 9.17) is 0 Å². The molecule has 5 rings (SSSR count). The van der Waals surface area contributed by atoms with Gasteiger partial charge in [0, 0.05) is 58.4 Å². The van der Waals surface area contributed by atoms with Crippen LogP contribution in [0.1, 0.15) is 64.2 Å². The summed E-state index contributed by atoms with van der Waals surface area (Å²) in [6.45, 7) is 9.94. The summed E-state index contributed by atoms with van der Waals surface area (Å²) in [7, 11) is 0. The Morgan fingerprint density at radius 1 is 1.18 bits per heavy atom. The molecule has 1 atom stereocenters. The molecule has 3 aliphatic rings. The molecule has 3 heterocycles. The van der Waals surface area contributed by atoms with E-state index in [2.05, 4.69) is 16.7 Å². The van der Waals surface area contributed by atoms with Crippen molar-refractivity contribution in [2.75, 3.05) is 10.6 Å². The molecule has 2 aromatic rings. The van der Waals surface area contributed by atoms with Gasteiger partial charge in [-0.15, -0.1) is 0 Å². The van der Waals surface area contributed by atoms with Gasteiger partial charge in [0.2, 0.25) is 5.91 Å². The van der Waals surface area contributed by atoms with E-state index >= 15 is 0 Å². The van der Waals surface area contributed by atoms with Crippen LogP contribution in [0.5, 0.6) is 0 Å². The molecule has 2 N–H and O–H groups in total. The molecule has 1 spiro atoms. The number of nitriles is 1. The number of allylic oxidation sites excluding steroid dienone is 1. The van der Waals surface area contributed by atoms with E-state index in [9.17, 15) is 25.0 Å². The highest BCUT2D eigenvalue weighted by Gasteiger charge is 2.61. The van der Waals surface area contributed by atoms with Crippen molar-refractivity contribution in [1.82, 2.24) is 4.57 Å². The van der Waals surface area contributed by atoms with Gasteiger partial charge in [0.1, 0.15) is 17.3 Å². The van der Waals surface area contributed by atoms with Gasteiger partial charge in [0.05, 0.1) is 10.5 Å². The number of fused-ring (bicyclic) bond motifs is 5. The summed E-state index contributed by atoms with van der Waals surface area (Å²) in [4.78, 5) is 38.7. The Labute approximate surface area is 196 Å². The molecule has 0 unspecified atom stereocenters. The predicted molar refractivity (Wildman–Crippen MR) is 125 cm³/mol. The molecule has 9 heteroatoms. The molecule has 1 aromatic carbocycles. The van der Waals surface area contributed by atoms with E-state index in [1.807, 2.05) is 39.2 Å². The zero-order valence-electron chi connectivity index (χ0n) is 19.7. The van der Waals surface area contributed by atoms with E-state index in [1.165, 1.54) is 18.2 Å². The number of nitro benzene ring substituents is 1. The standard InChI is InChI=1S/C25H25N5O4/c1-23(2,3)29-12-13(11-26)19-21(29)27-17-9-24(4,5)10-18(31)20(17)25(19)15-8-14(30(33)34)6-7-16(15)28-22(25)32/h6-8,12,27H,9-10H2,1-5H3,(H,28,32)/t25-/m0/s1. The number of rotatable bonds is 1. The van der Waals surface area contributed by atoms with Gasteiger partial charge in [-0.3, -0.25) is 19.7 Å². The zero-order valence-corrected chi connectivity index (χ0v) is 19.7. The molecule has 174 valence electrons. The lowest BCUT2D eigenvalue weighted by molar-refractivity contribution is -0.384. The minimum absolute atomic E-state index is 0.186. The lowest BCUT2D eigenvalue weighted by Gasteiger charge is -2.43. The number of hydrogen-bond donors (Lipinski definition) is 2. The highest BCUT2D eigenvalue weighted by atomic mass is 16.6.